The highest BCUT2D eigenvalue weighted by Gasteiger charge is 2.37. The van der Waals surface area contributed by atoms with Crippen molar-refractivity contribution in [3.8, 4) is 0 Å². The summed E-state index contributed by atoms with van der Waals surface area (Å²) in [6, 6.07) is 11.3. The average molecular weight is 368 g/mol. The van der Waals surface area contributed by atoms with Gasteiger partial charge in [0.25, 0.3) is 17.7 Å². The van der Waals surface area contributed by atoms with Crippen molar-refractivity contribution in [1.82, 2.24) is 10.2 Å². The molecule has 0 radical (unpaired) electrons. The summed E-state index contributed by atoms with van der Waals surface area (Å²) in [5.74, 6) is -2.22. The second-order valence-electron chi connectivity index (χ2n) is 7.51. The molecule has 6 heteroatoms. The lowest BCUT2D eigenvalue weighted by Crippen LogP contribution is -2.38. The maximum absolute atomic E-state index is 13.8. The van der Waals surface area contributed by atoms with Crippen molar-refractivity contribution < 1.29 is 18.8 Å². The molecule has 1 N–H and O–H groups in total. The molecule has 140 valence electrons. The number of nitrogens with zero attached hydrogens (tertiary/aromatic N) is 1. The first-order valence-electron chi connectivity index (χ1n) is 8.73. The van der Waals surface area contributed by atoms with Crippen molar-refractivity contribution in [1.29, 1.82) is 0 Å². The van der Waals surface area contributed by atoms with Gasteiger partial charge in [0.1, 0.15) is 5.82 Å². The number of rotatable bonds is 4. The molecule has 1 aliphatic heterocycles. The molecule has 2 aromatic rings. The summed E-state index contributed by atoms with van der Waals surface area (Å²) in [4.78, 5) is 37.7. The van der Waals surface area contributed by atoms with E-state index in [1.165, 1.54) is 12.1 Å². The molecule has 0 saturated heterocycles. The largest absolute Gasteiger partial charge is 0.350 e. The Bertz CT molecular complexity index is 914. The van der Waals surface area contributed by atoms with E-state index in [-0.39, 0.29) is 35.5 Å². The maximum atomic E-state index is 13.8. The van der Waals surface area contributed by atoms with Crippen LogP contribution in [0.2, 0.25) is 0 Å². The van der Waals surface area contributed by atoms with Crippen molar-refractivity contribution in [2.24, 2.45) is 0 Å². The lowest BCUT2D eigenvalue weighted by Gasteiger charge is -2.19. The second-order valence-corrected chi connectivity index (χ2v) is 7.51. The van der Waals surface area contributed by atoms with Gasteiger partial charge in [0.2, 0.25) is 0 Å². The van der Waals surface area contributed by atoms with Crippen LogP contribution in [0.15, 0.2) is 42.5 Å². The van der Waals surface area contributed by atoms with Gasteiger partial charge in [0, 0.05) is 18.7 Å². The van der Waals surface area contributed by atoms with Crippen LogP contribution >= 0.6 is 0 Å². The molecule has 0 bridgehead atoms. The van der Waals surface area contributed by atoms with Crippen LogP contribution in [0.1, 0.15) is 57.4 Å². The van der Waals surface area contributed by atoms with Gasteiger partial charge in [0.05, 0.1) is 11.1 Å². The smallest absolute Gasteiger partial charge is 0.264 e. The van der Waals surface area contributed by atoms with Crippen LogP contribution in [0.3, 0.4) is 0 Å². The molecular formula is C21H21FN2O3. The molecule has 0 saturated carbocycles. The quantitative estimate of drug-likeness (QED) is 0.843. The molecule has 0 fully saturated rings. The summed E-state index contributed by atoms with van der Waals surface area (Å²) in [5, 5.41) is 2.69. The van der Waals surface area contributed by atoms with Crippen molar-refractivity contribution in [3.05, 3.63) is 70.5 Å². The SMILES string of the molecule is CC(C)(C)c1ccc(C(=O)NCCN2C(=O)c3cccc(F)c3C2=O)cc1. The lowest BCUT2D eigenvalue weighted by molar-refractivity contribution is 0.0648. The third-order valence-electron chi connectivity index (χ3n) is 4.58. The van der Waals surface area contributed by atoms with Crippen molar-refractivity contribution >= 4 is 17.7 Å². The Morgan fingerprint density at radius 1 is 1.04 bits per heavy atom. The predicted octanol–water partition coefficient (Wildman–Crippen LogP) is 3.15. The molecule has 1 heterocycles. The number of carbonyl (C=O) groups is 3. The highest BCUT2D eigenvalue weighted by Crippen LogP contribution is 2.25. The zero-order chi connectivity index (χ0) is 19.8. The van der Waals surface area contributed by atoms with E-state index in [2.05, 4.69) is 26.1 Å². The van der Waals surface area contributed by atoms with E-state index in [0.717, 1.165) is 16.5 Å². The summed E-state index contributed by atoms with van der Waals surface area (Å²) in [6.07, 6.45) is 0. The molecule has 5 nitrogen and oxygen atoms in total. The van der Waals surface area contributed by atoms with Crippen LogP contribution in [-0.4, -0.2) is 35.7 Å². The highest BCUT2D eigenvalue weighted by molar-refractivity contribution is 6.21. The number of hydrogen-bond acceptors (Lipinski definition) is 3. The molecular weight excluding hydrogens is 347 g/mol. The highest BCUT2D eigenvalue weighted by atomic mass is 19.1. The van der Waals surface area contributed by atoms with Crippen LogP contribution in [0.25, 0.3) is 0 Å². The third kappa shape index (κ3) is 3.60. The Hall–Kier alpha value is -3.02. The van der Waals surface area contributed by atoms with Crippen LogP contribution in [0.5, 0.6) is 0 Å². The molecule has 0 aliphatic carbocycles. The van der Waals surface area contributed by atoms with E-state index in [1.807, 2.05) is 12.1 Å². The fraction of sp³-hybridized carbons (Fsp3) is 0.286. The zero-order valence-electron chi connectivity index (χ0n) is 15.5. The van der Waals surface area contributed by atoms with E-state index < -0.39 is 17.6 Å². The number of carbonyl (C=O) groups excluding carboxylic acids is 3. The van der Waals surface area contributed by atoms with E-state index >= 15 is 0 Å². The summed E-state index contributed by atoms with van der Waals surface area (Å²) >= 11 is 0. The van der Waals surface area contributed by atoms with Crippen LogP contribution in [0.4, 0.5) is 4.39 Å². The fourth-order valence-electron chi connectivity index (χ4n) is 3.00. The number of amides is 3. The minimum absolute atomic E-state index is 0.00420. The number of fused-ring (bicyclic) bond motifs is 1. The Morgan fingerprint density at radius 3 is 2.30 bits per heavy atom. The molecule has 27 heavy (non-hydrogen) atoms. The minimum Gasteiger partial charge on any atom is -0.350 e. The Balaban J connectivity index is 1.60. The van der Waals surface area contributed by atoms with Gasteiger partial charge in [0.15, 0.2) is 0 Å². The Morgan fingerprint density at radius 2 is 1.70 bits per heavy atom. The fourth-order valence-corrected chi connectivity index (χ4v) is 3.00. The summed E-state index contributed by atoms with van der Waals surface area (Å²) < 4.78 is 13.8. The summed E-state index contributed by atoms with van der Waals surface area (Å²) in [7, 11) is 0. The van der Waals surface area contributed by atoms with E-state index in [1.54, 1.807) is 12.1 Å². The summed E-state index contributed by atoms with van der Waals surface area (Å²) in [5.41, 5.74) is 1.47. The molecule has 3 amide bonds. The number of imide groups is 1. The van der Waals surface area contributed by atoms with Crippen molar-refractivity contribution in [2.45, 2.75) is 26.2 Å². The van der Waals surface area contributed by atoms with Crippen LogP contribution < -0.4 is 5.32 Å². The Kier molecular flexibility index (Phi) is 4.83. The van der Waals surface area contributed by atoms with E-state index in [4.69, 9.17) is 0 Å². The molecule has 0 aromatic heterocycles. The van der Waals surface area contributed by atoms with Crippen molar-refractivity contribution in [2.75, 3.05) is 13.1 Å². The minimum atomic E-state index is -0.712. The van der Waals surface area contributed by atoms with Gasteiger partial charge in [-0.25, -0.2) is 4.39 Å². The van der Waals surface area contributed by atoms with E-state index in [0.29, 0.717) is 5.56 Å². The predicted molar refractivity (Wildman–Crippen MR) is 99.2 cm³/mol. The number of nitrogens with one attached hydrogen (secondary N) is 1. The van der Waals surface area contributed by atoms with Crippen molar-refractivity contribution in [3.63, 3.8) is 0 Å². The monoisotopic (exact) mass is 368 g/mol. The number of halogens is 1. The van der Waals surface area contributed by atoms with Gasteiger partial charge in [-0.1, -0.05) is 39.0 Å². The molecule has 2 aromatic carbocycles. The molecule has 0 atom stereocenters. The van der Waals surface area contributed by atoms with Gasteiger partial charge in [-0.2, -0.15) is 0 Å². The van der Waals surface area contributed by atoms with E-state index in [9.17, 15) is 18.8 Å². The first kappa shape index (κ1) is 18.8. The van der Waals surface area contributed by atoms with Gasteiger partial charge >= 0.3 is 0 Å². The second kappa shape index (κ2) is 6.95. The first-order chi connectivity index (χ1) is 12.7. The van der Waals surface area contributed by atoms with Crippen LogP contribution in [0, 0.1) is 5.82 Å². The maximum Gasteiger partial charge on any atom is 0.264 e. The number of hydrogen-bond donors (Lipinski definition) is 1. The molecule has 0 spiro atoms. The number of benzene rings is 2. The normalized spacial score (nSPS) is 13.7. The lowest BCUT2D eigenvalue weighted by atomic mass is 9.87. The van der Waals surface area contributed by atoms with Gasteiger partial charge < -0.3 is 5.32 Å². The van der Waals surface area contributed by atoms with Gasteiger partial charge in [-0.15, -0.1) is 0 Å². The van der Waals surface area contributed by atoms with Crippen LogP contribution in [-0.2, 0) is 5.41 Å². The standard InChI is InChI=1S/C21H21FN2O3/c1-21(2,3)14-9-7-13(8-10-14)18(25)23-11-12-24-19(26)15-5-4-6-16(22)17(15)20(24)27/h4-10H,11-12H2,1-3H3,(H,23,25). The molecule has 3 rings (SSSR count). The zero-order valence-corrected chi connectivity index (χ0v) is 15.5. The molecule has 0 unspecified atom stereocenters. The van der Waals surface area contributed by atoms with Gasteiger partial charge in [-0.05, 0) is 35.2 Å². The van der Waals surface area contributed by atoms with Gasteiger partial charge in [-0.3, -0.25) is 19.3 Å². The Labute approximate surface area is 157 Å². The molecule has 1 aliphatic rings. The first-order valence-corrected chi connectivity index (χ1v) is 8.73. The average Bonchev–Trinajstić information content (AvgIpc) is 2.87. The topological polar surface area (TPSA) is 66.5 Å². The third-order valence-corrected chi connectivity index (χ3v) is 4.58. The summed E-state index contributed by atoms with van der Waals surface area (Å²) in [6.45, 7) is 6.34.